The molecule has 1 aliphatic heterocycles. The molecular formula is C41H53N7O14. The van der Waals surface area contributed by atoms with Crippen molar-refractivity contribution >= 4 is 17.7 Å². The van der Waals surface area contributed by atoms with E-state index in [1.54, 1.807) is 0 Å². The van der Waals surface area contributed by atoms with E-state index in [0.29, 0.717) is 25.7 Å². The molecule has 0 radical (unpaired) electrons. The van der Waals surface area contributed by atoms with Crippen molar-refractivity contribution in [3.8, 4) is 11.5 Å². The van der Waals surface area contributed by atoms with E-state index >= 15 is 0 Å². The number of aromatic nitrogens is 3. The van der Waals surface area contributed by atoms with Gasteiger partial charge in [0.05, 0.1) is 57.8 Å². The number of aromatic hydroxyl groups is 2. The summed E-state index contributed by atoms with van der Waals surface area (Å²) in [5.41, 5.74) is -0.119. The van der Waals surface area contributed by atoms with Gasteiger partial charge in [0.15, 0.2) is 28.3 Å². The maximum Gasteiger partial charge on any atom is 0.271 e. The Bertz CT molecular complexity index is 2450. The van der Waals surface area contributed by atoms with E-state index < -0.39 is 123 Å². The van der Waals surface area contributed by atoms with Crippen LogP contribution in [0.2, 0.25) is 0 Å². The molecule has 0 saturated heterocycles. The largest absolute Gasteiger partial charge is 0.503 e. The van der Waals surface area contributed by atoms with E-state index in [1.807, 2.05) is 0 Å². The number of aliphatic hydroxyl groups excluding tert-OH is 6. The summed E-state index contributed by atoms with van der Waals surface area (Å²) in [7, 11) is 0. The Balaban J connectivity index is 1.36. The number of carbonyl (C=O) groups excluding carboxylic acids is 3. The van der Waals surface area contributed by atoms with Gasteiger partial charge in [0.2, 0.25) is 10.9 Å². The van der Waals surface area contributed by atoms with Gasteiger partial charge in [0.25, 0.3) is 17.7 Å². The van der Waals surface area contributed by atoms with Crippen LogP contribution in [-0.4, -0.2) is 137 Å². The molecule has 21 heteroatoms. The molecule has 3 aromatic rings. The molecule has 4 saturated carbocycles. The van der Waals surface area contributed by atoms with Crippen LogP contribution in [0.15, 0.2) is 51.2 Å². The molecule has 4 bridgehead atoms. The highest BCUT2D eigenvalue weighted by Crippen LogP contribution is 2.78. The summed E-state index contributed by atoms with van der Waals surface area (Å²) < 4.78 is 3.68. The van der Waals surface area contributed by atoms with Crippen molar-refractivity contribution < 1.29 is 55.2 Å². The number of nitrogens with two attached hydrogens (primary N) is 1. The molecule has 8 atom stereocenters. The van der Waals surface area contributed by atoms with Crippen molar-refractivity contribution in [3.05, 3.63) is 90.1 Å². The number of rotatable bonds is 16. The van der Waals surface area contributed by atoms with Crippen molar-refractivity contribution in [3.63, 3.8) is 0 Å². The zero-order chi connectivity index (χ0) is 44.9. The van der Waals surface area contributed by atoms with Crippen molar-refractivity contribution in [2.24, 2.45) is 27.4 Å². The lowest BCUT2D eigenvalue weighted by Gasteiger charge is -2.74. The van der Waals surface area contributed by atoms with E-state index in [0.717, 1.165) is 21.3 Å². The van der Waals surface area contributed by atoms with Gasteiger partial charge in [-0.1, -0.05) is 0 Å². The first kappa shape index (κ1) is 44.6. The molecule has 3 amide bonds. The van der Waals surface area contributed by atoms with Crippen LogP contribution in [0.4, 0.5) is 0 Å². The van der Waals surface area contributed by atoms with Crippen molar-refractivity contribution in [2.75, 3.05) is 46.0 Å². The van der Waals surface area contributed by atoms with Crippen LogP contribution in [0.25, 0.3) is 0 Å². The molecule has 336 valence electrons. The van der Waals surface area contributed by atoms with Crippen LogP contribution in [0.5, 0.6) is 11.5 Å². The summed E-state index contributed by atoms with van der Waals surface area (Å²) in [5, 5.41) is 90.1. The number of hydrogen-bond acceptors (Lipinski definition) is 15. The van der Waals surface area contributed by atoms with E-state index in [2.05, 4.69) is 16.0 Å². The molecule has 3 aromatic heterocycles. The third kappa shape index (κ3) is 7.71. The van der Waals surface area contributed by atoms with Gasteiger partial charge >= 0.3 is 0 Å². The lowest BCUT2D eigenvalue weighted by atomic mass is 9.31. The smallest absolute Gasteiger partial charge is 0.271 e. The van der Waals surface area contributed by atoms with Gasteiger partial charge < -0.3 is 76.2 Å². The third-order valence-electron chi connectivity index (χ3n) is 13.4. The highest BCUT2D eigenvalue weighted by atomic mass is 16.3. The molecule has 4 heterocycles. The van der Waals surface area contributed by atoms with Crippen molar-refractivity contribution in [2.45, 2.75) is 76.0 Å². The summed E-state index contributed by atoms with van der Waals surface area (Å²) in [5.74, 6) is -4.99. The summed E-state index contributed by atoms with van der Waals surface area (Å²) in [6, 6.07) is 3.28. The highest BCUT2D eigenvalue weighted by Gasteiger charge is 2.73. The Morgan fingerprint density at radius 2 is 1.16 bits per heavy atom. The Morgan fingerprint density at radius 1 is 0.694 bits per heavy atom. The molecule has 8 rings (SSSR count). The molecule has 4 unspecified atom stereocenters. The van der Waals surface area contributed by atoms with Gasteiger partial charge in [0, 0.05) is 67.9 Å². The summed E-state index contributed by atoms with van der Waals surface area (Å²) in [6.07, 6.45) is 1.43. The summed E-state index contributed by atoms with van der Waals surface area (Å²) in [4.78, 5) is 82.0. The maximum atomic E-state index is 14.3. The first-order chi connectivity index (χ1) is 29.4. The first-order valence-electron chi connectivity index (χ1n) is 20.4. The average Bonchev–Trinajstić information content (AvgIpc) is 3.37. The molecule has 13 N–H and O–H groups in total. The zero-order valence-corrected chi connectivity index (χ0v) is 33.8. The standard InChI is InChI=1S/C41H53N7O14/c42-18-38-13-39(19-43-36(61)30-32(58)26(56)2-5-47(30)8-23(53)11-50)16-40(14-38)20-44-35(60)29-28(25(55)1-4-46(29)7-22(52)10-49)34(40)41(15-38,17-39)21-45-37(62)31-33(59)27(57)3-6-48(31)9-24(54)12-51/h1-6,22-24,34,49-54,58-59H,7-21,42H2,(H,43,61)(H,44,60)(H,45,62)/t22?,23?,24?,34?,38-,39+,40+,41-/m1/s1. The average molecular weight is 868 g/mol. The van der Waals surface area contributed by atoms with Gasteiger partial charge in [-0.05, 0) is 60.3 Å². The van der Waals surface area contributed by atoms with E-state index in [-0.39, 0.29) is 63.5 Å². The van der Waals surface area contributed by atoms with Crippen molar-refractivity contribution in [1.29, 1.82) is 0 Å². The minimum Gasteiger partial charge on any atom is -0.503 e. The minimum atomic E-state index is -1.36. The Kier molecular flexibility index (Phi) is 12.0. The van der Waals surface area contributed by atoms with E-state index in [9.17, 15) is 69.6 Å². The second kappa shape index (κ2) is 16.7. The first-order valence-corrected chi connectivity index (χ1v) is 20.4. The summed E-state index contributed by atoms with van der Waals surface area (Å²) in [6.45, 7) is -3.09. The predicted molar refractivity (Wildman–Crippen MR) is 216 cm³/mol. The highest BCUT2D eigenvalue weighted by molar-refractivity contribution is 5.96. The predicted octanol–water partition coefficient (Wildman–Crippen LogP) is -3.77. The number of carbonyl (C=O) groups is 3. The second-order valence-corrected chi connectivity index (χ2v) is 18.0. The molecular weight excluding hydrogens is 814 g/mol. The normalized spacial score (nSPS) is 27.3. The fraction of sp³-hybridized carbons (Fsp3) is 0.561. The second-order valence-electron chi connectivity index (χ2n) is 18.0. The molecule has 0 aromatic carbocycles. The SMILES string of the molecule is NC[C@@]12C[C@@]3(CNC(=O)c4c(O)c(=O)ccn4CC(O)CO)C[C@@](CNC(=O)c4c(O)c(=O)ccn4CC(O)CO)(C1)C1c4c(n(CC(O)CO)ccc4=O)C(=O)NC[C@@]1(C3)C2. The molecule has 4 fully saturated rings. The third-order valence-corrected chi connectivity index (χ3v) is 13.4. The van der Waals surface area contributed by atoms with Crippen LogP contribution in [-0.2, 0) is 19.6 Å². The Labute approximate surface area is 353 Å². The zero-order valence-electron chi connectivity index (χ0n) is 33.8. The van der Waals surface area contributed by atoms with Gasteiger partial charge in [0.1, 0.15) is 5.69 Å². The summed E-state index contributed by atoms with van der Waals surface area (Å²) >= 11 is 0. The molecule has 1 spiro atoms. The lowest BCUT2D eigenvalue weighted by molar-refractivity contribution is -0.208. The molecule has 62 heavy (non-hydrogen) atoms. The number of hydrogen-bond donors (Lipinski definition) is 12. The van der Waals surface area contributed by atoms with Crippen LogP contribution in [0.1, 0.15) is 75.1 Å². The maximum absolute atomic E-state index is 14.3. The molecule has 21 nitrogen and oxygen atoms in total. The van der Waals surface area contributed by atoms with Crippen LogP contribution in [0.3, 0.4) is 0 Å². The minimum absolute atomic E-state index is 0.0242. The molecule has 4 aliphatic carbocycles. The van der Waals surface area contributed by atoms with E-state index in [4.69, 9.17) is 5.73 Å². The number of nitrogens with zero attached hydrogens (tertiary/aromatic N) is 3. The van der Waals surface area contributed by atoms with Crippen LogP contribution < -0.4 is 38.0 Å². The topological polar surface area (TPSA) is 341 Å². The van der Waals surface area contributed by atoms with Gasteiger partial charge in [-0.3, -0.25) is 28.8 Å². The molecule has 5 aliphatic rings. The quantitative estimate of drug-likeness (QED) is 0.0658. The van der Waals surface area contributed by atoms with E-state index in [1.165, 1.54) is 29.2 Å². The van der Waals surface area contributed by atoms with Crippen LogP contribution >= 0.6 is 0 Å². The van der Waals surface area contributed by atoms with Gasteiger partial charge in [-0.15, -0.1) is 0 Å². The fourth-order valence-corrected chi connectivity index (χ4v) is 11.9. The Hall–Kier alpha value is -5.42. The van der Waals surface area contributed by atoms with Crippen molar-refractivity contribution in [1.82, 2.24) is 29.7 Å². The monoisotopic (exact) mass is 867 g/mol. The van der Waals surface area contributed by atoms with Crippen LogP contribution in [0, 0.1) is 21.7 Å². The number of aliphatic hydroxyl groups is 6. The fourth-order valence-electron chi connectivity index (χ4n) is 11.9. The van der Waals surface area contributed by atoms with Gasteiger partial charge in [-0.2, -0.15) is 0 Å². The number of fused-ring (bicyclic) bond motifs is 1. The Morgan fingerprint density at radius 3 is 1.69 bits per heavy atom. The number of nitrogens with one attached hydrogen (secondary N) is 3. The van der Waals surface area contributed by atoms with Gasteiger partial charge in [-0.25, -0.2) is 0 Å². The number of amides is 3. The number of pyridine rings is 3. The lowest BCUT2D eigenvalue weighted by Crippen LogP contribution is -2.71.